The highest BCUT2D eigenvalue weighted by molar-refractivity contribution is 6.33. The number of aliphatic imine (C=N–C) groups is 2. The summed E-state index contributed by atoms with van der Waals surface area (Å²) in [6.45, 7) is 1.89. The minimum Gasteiger partial charge on any atom is -0.370 e. The third-order valence-corrected chi connectivity index (χ3v) is 2.24. The van der Waals surface area contributed by atoms with Crippen LogP contribution in [0.3, 0.4) is 0 Å². The van der Waals surface area contributed by atoms with Crippen LogP contribution in [0.1, 0.15) is 12.5 Å². The number of halogens is 2. The fraction of sp³-hybridized carbons (Fsp3) is 0.200. The van der Waals surface area contributed by atoms with Gasteiger partial charge >= 0.3 is 0 Å². The number of rotatable bonds is 2. The lowest BCUT2D eigenvalue weighted by atomic mass is 10.1. The van der Waals surface area contributed by atoms with Gasteiger partial charge in [-0.1, -0.05) is 18.5 Å². The van der Waals surface area contributed by atoms with E-state index >= 15 is 0 Å². The molecule has 7 heteroatoms. The van der Waals surface area contributed by atoms with Crippen LogP contribution in [0.4, 0.5) is 10.1 Å². The van der Waals surface area contributed by atoms with Gasteiger partial charge in [0, 0.05) is 0 Å². The van der Waals surface area contributed by atoms with Gasteiger partial charge in [0.25, 0.3) is 0 Å². The Morgan fingerprint density at radius 3 is 2.47 bits per heavy atom. The molecular weight excluding hydrogens is 245 g/mol. The molecule has 0 aromatic heterocycles. The van der Waals surface area contributed by atoms with Crippen LogP contribution < -0.4 is 17.2 Å². The topological polar surface area (TPSA) is 103 Å². The van der Waals surface area contributed by atoms with Crippen LogP contribution in [0.5, 0.6) is 0 Å². The fourth-order valence-electron chi connectivity index (χ4n) is 1.20. The summed E-state index contributed by atoms with van der Waals surface area (Å²) < 4.78 is 13.6. The zero-order valence-corrected chi connectivity index (χ0v) is 10.0. The Hall–Kier alpha value is -1.82. The summed E-state index contributed by atoms with van der Waals surface area (Å²) in [6, 6.07) is 2.96. The summed E-state index contributed by atoms with van der Waals surface area (Å²) in [5, 5.41) is 0.163. The van der Waals surface area contributed by atoms with Crippen LogP contribution in [-0.4, -0.2) is 11.9 Å². The molecule has 1 aromatic carbocycles. The number of hydrogen-bond acceptors (Lipinski definition) is 1. The fourth-order valence-corrected chi connectivity index (χ4v) is 1.47. The quantitative estimate of drug-likeness (QED) is 0.549. The standard InChI is InChI=1S/C10H13ClFN5/c1-2-5-3-6(11)8(7(12)4-5)16-10(15)17-9(13)14/h3-4H,2H2,1H3,(H6,13,14,15,16,17). The highest BCUT2D eigenvalue weighted by Gasteiger charge is 2.09. The van der Waals surface area contributed by atoms with Crippen molar-refractivity contribution in [2.24, 2.45) is 27.2 Å². The number of benzene rings is 1. The minimum atomic E-state index is -0.567. The summed E-state index contributed by atoms with van der Waals surface area (Å²) in [5.41, 5.74) is 16.3. The Labute approximate surface area is 103 Å². The third-order valence-electron chi connectivity index (χ3n) is 1.95. The largest absolute Gasteiger partial charge is 0.370 e. The van der Waals surface area contributed by atoms with Gasteiger partial charge in [0.2, 0.25) is 5.96 Å². The molecule has 0 bridgehead atoms. The second kappa shape index (κ2) is 5.49. The molecule has 0 saturated carbocycles. The first-order valence-electron chi connectivity index (χ1n) is 4.85. The van der Waals surface area contributed by atoms with Crippen molar-refractivity contribution in [2.45, 2.75) is 13.3 Å². The molecule has 0 amide bonds. The van der Waals surface area contributed by atoms with Gasteiger partial charge < -0.3 is 17.2 Å². The van der Waals surface area contributed by atoms with Crippen LogP contribution in [0.15, 0.2) is 22.1 Å². The van der Waals surface area contributed by atoms with Crippen LogP contribution in [0.25, 0.3) is 0 Å². The molecule has 0 aliphatic heterocycles. The molecule has 0 spiro atoms. The van der Waals surface area contributed by atoms with Crippen molar-refractivity contribution in [3.8, 4) is 0 Å². The van der Waals surface area contributed by atoms with Gasteiger partial charge in [0.1, 0.15) is 5.69 Å². The Bertz CT molecular complexity index is 457. The van der Waals surface area contributed by atoms with Crippen molar-refractivity contribution in [1.29, 1.82) is 0 Å². The summed E-state index contributed by atoms with van der Waals surface area (Å²) in [5.74, 6) is -1.08. The van der Waals surface area contributed by atoms with E-state index in [9.17, 15) is 4.39 Å². The zero-order chi connectivity index (χ0) is 13.0. The average molecular weight is 258 g/mol. The molecule has 6 N–H and O–H groups in total. The molecular formula is C10H13ClFN5. The van der Waals surface area contributed by atoms with E-state index < -0.39 is 5.82 Å². The summed E-state index contributed by atoms with van der Waals surface area (Å²) in [6.07, 6.45) is 0.671. The van der Waals surface area contributed by atoms with Crippen molar-refractivity contribution in [3.63, 3.8) is 0 Å². The van der Waals surface area contributed by atoms with Crippen LogP contribution >= 0.6 is 11.6 Å². The van der Waals surface area contributed by atoms with Gasteiger partial charge in [-0.25, -0.2) is 9.38 Å². The van der Waals surface area contributed by atoms with E-state index in [4.69, 9.17) is 28.8 Å². The van der Waals surface area contributed by atoms with Crippen molar-refractivity contribution in [3.05, 3.63) is 28.5 Å². The maximum atomic E-state index is 13.6. The van der Waals surface area contributed by atoms with E-state index in [-0.39, 0.29) is 22.6 Å². The molecule has 0 heterocycles. The molecule has 0 atom stereocenters. The van der Waals surface area contributed by atoms with Crippen LogP contribution in [-0.2, 0) is 6.42 Å². The molecule has 0 fully saturated rings. The summed E-state index contributed by atoms with van der Waals surface area (Å²) in [7, 11) is 0. The van der Waals surface area contributed by atoms with E-state index in [1.165, 1.54) is 6.07 Å². The molecule has 0 unspecified atom stereocenters. The number of nitrogens with two attached hydrogens (primary N) is 3. The lowest BCUT2D eigenvalue weighted by molar-refractivity contribution is 0.628. The predicted molar refractivity (Wildman–Crippen MR) is 67.9 cm³/mol. The molecule has 1 rings (SSSR count). The minimum absolute atomic E-state index is 0.0774. The lowest BCUT2D eigenvalue weighted by Crippen LogP contribution is -2.26. The summed E-state index contributed by atoms with van der Waals surface area (Å²) in [4.78, 5) is 7.19. The van der Waals surface area contributed by atoms with Gasteiger partial charge in [-0.3, -0.25) is 0 Å². The van der Waals surface area contributed by atoms with Gasteiger partial charge in [0.05, 0.1) is 5.02 Å². The van der Waals surface area contributed by atoms with Crippen molar-refractivity contribution < 1.29 is 4.39 Å². The lowest BCUT2D eigenvalue weighted by Gasteiger charge is -2.04. The molecule has 0 radical (unpaired) electrons. The smallest absolute Gasteiger partial charge is 0.223 e. The molecule has 0 saturated heterocycles. The second-order valence-electron chi connectivity index (χ2n) is 3.27. The Balaban J connectivity index is 3.20. The third kappa shape index (κ3) is 3.60. The average Bonchev–Trinajstić information content (AvgIpc) is 2.22. The first-order chi connectivity index (χ1) is 7.93. The Morgan fingerprint density at radius 1 is 1.35 bits per heavy atom. The van der Waals surface area contributed by atoms with Crippen molar-refractivity contribution in [2.75, 3.05) is 0 Å². The number of nitrogens with zero attached hydrogens (tertiary/aromatic N) is 2. The first-order valence-corrected chi connectivity index (χ1v) is 5.23. The van der Waals surface area contributed by atoms with E-state index in [2.05, 4.69) is 9.98 Å². The number of guanidine groups is 2. The van der Waals surface area contributed by atoms with Crippen LogP contribution in [0, 0.1) is 5.82 Å². The van der Waals surface area contributed by atoms with Gasteiger partial charge in [-0.15, -0.1) is 0 Å². The highest BCUT2D eigenvalue weighted by Crippen LogP contribution is 2.29. The van der Waals surface area contributed by atoms with E-state index in [1.54, 1.807) is 6.07 Å². The zero-order valence-electron chi connectivity index (χ0n) is 9.24. The Kier molecular flexibility index (Phi) is 4.28. The number of aryl methyl sites for hydroxylation is 1. The van der Waals surface area contributed by atoms with E-state index in [0.717, 1.165) is 5.56 Å². The molecule has 0 aliphatic rings. The maximum Gasteiger partial charge on any atom is 0.223 e. The number of hydrogen-bond donors (Lipinski definition) is 3. The normalized spacial score (nSPS) is 11.4. The van der Waals surface area contributed by atoms with Gasteiger partial charge in [0.15, 0.2) is 11.8 Å². The molecule has 92 valence electrons. The first kappa shape index (κ1) is 13.2. The maximum absolute atomic E-state index is 13.6. The molecule has 17 heavy (non-hydrogen) atoms. The van der Waals surface area contributed by atoms with Crippen molar-refractivity contribution >= 4 is 29.2 Å². The predicted octanol–water partition coefficient (Wildman–Crippen LogP) is 1.26. The van der Waals surface area contributed by atoms with Gasteiger partial charge in [-0.05, 0) is 24.1 Å². The van der Waals surface area contributed by atoms with E-state index in [1.807, 2.05) is 6.92 Å². The molecule has 1 aromatic rings. The SMILES string of the molecule is CCc1cc(F)c(N=C(N)N=C(N)N)c(Cl)c1. The van der Waals surface area contributed by atoms with Crippen LogP contribution in [0.2, 0.25) is 5.02 Å². The highest BCUT2D eigenvalue weighted by atomic mass is 35.5. The van der Waals surface area contributed by atoms with E-state index in [0.29, 0.717) is 6.42 Å². The monoisotopic (exact) mass is 257 g/mol. The second-order valence-corrected chi connectivity index (χ2v) is 3.68. The molecule has 5 nitrogen and oxygen atoms in total. The summed E-state index contributed by atoms with van der Waals surface area (Å²) >= 11 is 5.88. The Morgan fingerprint density at radius 2 is 2.00 bits per heavy atom. The van der Waals surface area contributed by atoms with Crippen molar-refractivity contribution in [1.82, 2.24) is 0 Å². The molecule has 0 aliphatic carbocycles. The van der Waals surface area contributed by atoms with Gasteiger partial charge in [-0.2, -0.15) is 4.99 Å².